The second kappa shape index (κ2) is 4.39. The molecule has 0 saturated heterocycles. The van der Waals surface area contributed by atoms with Crippen LogP contribution in [0.4, 0.5) is 0 Å². The van der Waals surface area contributed by atoms with Crippen molar-refractivity contribution >= 4 is 15.9 Å². The van der Waals surface area contributed by atoms with Gasteiger partial charge in [-0.05, 0) is 13.0 Å². The molecule has 16 heavy (non-hydrogen) atoms. The van der Waals surface area contributed by atoms with Crippen molar-refractivity contribution in [2.75, 3.05) is 0 Å². The van der Waals surface area contributed by atoms with Crippen LogP contribution in [0.25, 0.3) is 11.3 Å². The molecule has 0 spiro atoms. The zero-order valence-corrected chi connectivity index (χ0v) is 11.0. The summed E-state index contributed by atoms with van der Waals surface area (Å²) in [5, 5.41) is 0. The van der Waals surface area contributed by atoms with Crippen molar-refractivity contribution in [2.24, 2.45) is 12.8 Å². The molecule has 0 aliphatic rings. The number of imidazole rings is 1. The van der Waals surface area contributed by atoms with Crippen molar-refractivity contribution in [1.29, 1.82) is 0 Å². The van der Waals surface area contributed by atoms with Gasteiger partial charge in [0.1, 0.15) is 5.82 Å². The number of rotatable bonds is 2. The van der Waals surface area contributed by atoms with E-state index in [1.165, 1.54) is 0 Å². The molecule has 0 bridgehead atoms. The molecule has 1 heterocycles. The van der Waals surface area contributed by atoms with Crippen molar-refractivity contribution < 1.29 is 0 Å². The molecule has 0 saturated carbocycles. The minimum atomic E-state index is 0.460. The fraction of sp³-hybridized carbons (Fsp3) is 0.250. The molecule has 0 aliphatic heterocycles. The van der Waals surface area contributed by atoms with Crippen LogP contribution in [0.1, 0.15) is 11.5 Å². The Morgan fingerprint density at radius 1 is 1.38 bits per heavy atom. The number of hydrogen-bond donors (Lipinski definition) is 1. The first-order valence-electron chi connectivity index (χ1n) is 5.12. The molecule has 0 unspecified atom stereocenters. The van der Waals surface area contributed by atoms with E-state index >= 15 is 0 Å². The number of nitrogens with two attached hydrogens (primary N) is 1. The van der Waals surface area contributed by atoms with Crippen LogP contribution in [0.3, 0.4) is 0 Å². The van der Waals surface area contributed by atoms with Crippen LogP contribution >= 0.6 is 15.9 Å². The van der Waals surface area contributed by atoms with Crippen molar-refractivity contribution in [3.8, 4) is 11.3 Å². The average Bonchev–Trinajstić information content (AvgIpc) is 2.57. The molecule has 84 valence electrons. The summed E-state index contributed by atoms with van der Waals surface area (Å²) in [5.41, 5.74) is 8.89. The standard InChI is InChI=1S/C12H14BrN3/c1-8-12(15-11(7-14)16(8)2)9-5-3-4-6-10(9)13/h3-6H,7,14H2,1-2H3. The lowest BCUT2D eigenvalue weighted by molar-refractivity contribution is 0.774. The summed E-state index contributed by atoms with van der Waals surface area (Å²) in [6, 6.07) is 8.08. The molecule has 0 radical (unpaired) electrons. The lowest BCUT2D eigenvalue weighted by atomic mass is 10.1. The first kappa shape index (κ1) is 11.4. The second-order valence-corrected chi connectivity index (χ2v) is 4.56. The third-order valence-electron chi connectivity index (χ3n) is 2.79. The highest BCUT2D eigenvalue weighted by Gasteiger charge is 2.13. The van der Waals surface area contributed by atoms with Gasteiger partial charge in [0.15, 0.2) is 0 Å². The van der Waals surface area contributed by atoms with Gasteiger partial charge in [0, 0.05) is 22.8 Å². The number of benzene rings is 1. The van der Waals surface area contributed by atoms with Crippen LogP contribution in [-0.4, -0.2) is 9.55 Å². The lowest BCUT2D eigenvalue weighted by Crippen LogP contribution is -2.05. The maximum atomic E-state index is 5.65. The Labute approximate surface area is 103 Å². The van der Waals surface area contributed by atoms with E-state index in [2.05, 4.69) is 33.9 Å². The summed E-state index contributed by atoms with van der Waals surface area (Å²) in [7, 11) is 1.99. The summed E-state index contributed by atoms with van der Waals surface area (Å²) in [5.74, 6) is 0.906. The van der Waals surface area contributed by atoms with Crippen LogP contribution in [0, 0.1) is 6.92 Å². The van der Waals surface area contributed by atoms with Crippen LogP contribution in [0.15, 0.2) is 28.7 Å². The maximum absolute atomic E-state index is 5.65. The highest BCUT2D eigenvalue weighted by molar-refractivity contribution is 9.10. The molecule has 0 aliphatic carbocycles. The topological polar surface area (TPSA) is 43.8 Å². The summed E-state index contributed by atoms with van der Waals surface area (Å²) in [4.78, 5) is 4.57. The first-order chi connectivity index (χ1) is 7.65. The third kappa shape index (κ3) is 1.79. The van der Waals surface area contributed by atoms with E-state index in [9.17, 15) is 0 Å². The van der Waals surface area contributed by atoms with Crippen LogP contribution in [0.5, 0.6) is 0 Å². The van der Waals surface area contributed by atoms with Crippen LogP contribution in [0.2, 0.25) is 0 Å². The zero-order chi connectivity index (χ0) is 11.7. The lowest BCUT2D eigenvalue weighted by Gasteiger charge is -2.02. The highest BCUT2D eigenvalue weighted by Crippen LogP contribution is 2.29. The first-order valence-corrected chi connectivity index (χ1v) is 5.91. The van der Waals surface area contributed by atoms with Gasteiger partial charge in [0.05, 0.1) is 12.2 Å². The van der Waals surface area contributed by atoms with Gasteiger partial charge in [0.25, 0.3) is 0 Å². The van der Waals surface area contributed by atoms with E-state index in [1.807, 2.05) is 29.8 Å². The number of hydrogen-bond acceptors (Lipinski definition) is 2. The number of aromatic nitrogens is 2. The number of nitrogens with zero attached hydrogens (tertiary/aromatic N) is 2. The second-order valence-electron chi connectivity index (χ2n) is 3.71. The summed E-state index contributed by atoms with van der Waals surface area (Å²) in [6.07, 6.45) is 0. The Morgan fingerprint density at radius 3 is 2.62 bits per heavy atom. The summed E-state index contributed by atoms with van der Waals surface area (Å²) in [6.45, 7) is 2.52. The van der Waals surface area contributed by atoms with Crippen molar-refractivity contribution in [1.82, 2.24) is 9.55 Å². The molecule has 2 rings (SSSR count). The van der Waals surface area contributed by atoms with E-state index in [4.69, 9.17) is 5.73 Å². The average molecular weight is 280 g/mol. The zero-order valence-electron chi connectivity index (χ0n) is 9.37. The van der Waals surface area contributed by atoms with Gasteiger partial charge >= 0.3 is 0 Å². The van der Waals surface area contributed by atoms with Crippen LogP contribution < -0.4 is 5.73 Å². The highest BCUT2D eigenvalue weighted by atomic mass is 79.9. The monoisotopic (exact) mass is 279 g/mol. The van der Waals surface area contributed by atoms with Gasteiger partial charge in [0.2, 0.25) is 0 Å². The molecule has 0 atom stereocenters. The third-order valence-corrected chi connectivity index (χ3v) is 3.48. The molecule has 0 amide bonds. The largest absolute Gasteiger partial charge is 0.334 e. The minimum absolute atomic E-state index is 0.460. The van der Waals surface area contributed by atoms with Crippen LogP contribution in [-0.2, 0) is 13.6 Å². The van der Waals surface area contributed by atoms with Crippen molar-refractivity contribution in [3.63, 3.8) is 0 Å². The molecular formula is C12H14BrN3. The Bertz CT molecular complexity index is 517. The van der Waals surface area contributed by atoms with E-state index < -0.39 is 0 Å². The molecule has 3 nitrogen and oxygen atoms in total. The van der Waals surface area contributed by atoms with Crippen molar-refractivity contribution in [2.45, 2.75) is 13.5 Å². The molecule has 4 heteroatoms. The predicted octanol–water partition coefficient (Wildman–Crippen LogP) is 2.62. The molecule has 1 aromatic heterocycles. The molecule has 2 N–H and O–H groups in total. The fourth-order valence-electron chi connectivity index (χ4n) is 1.73. The van der Waals surface area contributed by atoms with Gasteiger partial charge in [-0.2, -0.15) is 0 Å². The Hall–Kier alpha value is -1.13. The molecule has 2 aromatic rings. The molecule has 1 aromatic carbocycles. The fourth-order valence-corrected chi connectivity index (χ4v) is 2.20. The van der Waals surface area contributed by atoms with Gasteiger partial charge in [-0.1, -0.05) is 34.1 Å². The Balaban J connectivity index is 2.61. The van der Waals surface area contributed by atoms with Gasteiger partial charge < -0.3 is 10.3 Å². The Morgan fingerprint density at radius 2 is 2.06 bits per heavy atom. The smallest absolute Gasteiger partial charge is 0.123 e. The van der Waals surface area contributed by atoms with E-state index in [0.717, 1.165) is 27.2 Å². The molecule has 0 fully saturated rings. The Kier molecular flexibility index (Phi) is 3.12. The number of halogens is 1. The van der Waals surface area contributed by atoms with E-state index in [-0.39, 0.29) is 0 Å². The summed E-state index contributed by atoms with van der Waals surface area (Å²) >= 11 is 3.54. The quantitative estimate of drug-likeness (QED) is 0.919. The van der Waals surface area contributed by atoms with Gasteiger partial charge in [-0.15, -0.1) is 0 Å². The SMILES string of the molecule is Cc1c(-c2ccccc2Br)nc(CN)n1C. The molecular weight excluding hydrogens is 266 g/mol. The van der Waals surface area contributed by atoms with Gasteiger partial charge in [-0.25, -0.2) is 4.98 Å². The predicted molar refractivity (Wildman–Crippen MR) is 69.0 cm³/mol. The van der Waals surface area contributed by atoms with Gasteiger partial charge in [-0.3, -0.25) is 0 Å². The minimum Gasteiger partial charge on any atom is -0.334 e. The maximum Gasteiger partial charge on any atom is 0.123 e. The normalized spacial score (nSPS) is 10.8. The van der Waals surface area contributed by atoms with E-state index in [0.29, 0.717) is 6.54 Å². The summed E-state index contributed by atoms with van der Waals surface area (Å²) < 4.78 is 3.09. The van der Waals surface area contributed by atoms with E-state index in [1.54, 1.807) is 0 Å². The van der Waals surface area contributed by atoms with Crippen molar-refractivity contribution in [3.05, 3.63) is 40.3 Å².